The largest absolute Gasteiger partial charge is 0.313 e. The van der Waals surface area contributed by atoms with Crippen molar-refractivity contribution in [3.63, 3.8) is 0 Å². The molecule has 0 aliphatic carbocycles. The van der Waals surface area contributed by atoms with E-state index < -0.39 is 0 Å². The number of allylic oxidation sites excluding steroid dienone is 2. The minimum Gasteiger partial charge on any atom is -0.313 e. The second kappa shape index (κ2) is 3.59. The molecular weight excluding hydrogens is 86.1 g/mol. The van der Waals surface area contributed by atoms with Crippen LogP contribution in [0.2, 0.25) is 0 Å². The average molecular weight is 97.2 g/mol. The number of rotatable bonds is 2. The summed E-state index contributed by atoms with van der Waals surface area (Å²) in [7, 11) is 0. The van der Waals surface area contributed by atoms with Crippen LogP contribution in [0.5, 0.6) is 0 Å². The average Bonchev–Trinajstić information content (AvgIpc) is 1.68. The molecule has 1 heteroatoms. The fraction of sp³-hybridized carbons (Fsp3) is 0.500. The SMILES string of the molecule is C/C=C\C(C)C=N. The predicted molar refractivity (Wildman–Crippen MR) is 32.8 cm³/mol. The van der Waals surface area contributed by atoms with E-state index in [9.17, 15) is 0 Å². The summed E-state index contributed by atoms with van der Waals surface area (Å²) in [5, 5.41) is 6.74. The molecule has 0 spiro atoms. The van der Waals surface area contributed by atoms with Crippen LogP contribution in [0.4, 0.5) is 0 Å². The Bertz CT molecular complexity index is 74.2. The smallest absolute Gasteiger partial charge is 0.00863 e. The van der Waals surface area contributed by atoms with Crippen LogP contribution in [-0.4, -0.2) is 6.21 Å². The van der Waals surface area contributed by atoms with E-state index in [1.165, 1.54) is 6.21 Å². The third-order valence-corrected chi connectivity index (χ3v) is 0.759. The summed E-state index contributed by atoms with van der Waals surface area (Å²) in [6.07, 6.45) is 5.35. The van der Waals surface area contributed by atoms with Gasteiger partial charge in [0.15, 0.2) is 0 Å². The van der Waals surface area contributed by atoms with Crippen molar-refractivity contribution in [3.05, 3.63) is 12.2 Å². The van der Waals surface area contributed by atoms with Gasteiger partial charge in [0.1, 0.15) is 0 Å². The number of nitrogens with one attached hydrogen (secondary N) is 1. The lowest BCUT2D eigenvalue weighted by Gasteiger charge is -1.88. The summed E-state index contributed by atoms with van der Waals surface area (Å²) in [6, 6.07) is 0. The Kier molecular flexibility index (Phi) is 3.29. The van der Waals surface area contributed by atoms with Crippen LogP contribution in [0.15, 0.2) is 12.2 Å². The first kappa shape index (κ1) is 6.41. The second-order valence-electron chi connectivity index (χ2n) is 1.55. The van der Waals surface area contributed by atoms with Gasteiger partial charge in [-0.1, -0.05) is 19.1 Å². The number of hydrogen-bond acceptors (Lipinski definition) is 1. The number of hydrogen-bond donors (Lipinski definition) is 1. The molecule has 0 saturated carbocycles. The Morgan fingerprint density at radius 2 is 2.14 bits per heavy atom. The van der Waals surface area contributed by atoms with Crippen LogP contribution in [0, 0.1) is 11.3 Å². The third kappa shape index (κ3) is 3.23. The molecule has 0 aromatic carbocycles. The zero-order chi connectivity index (χ0) is 5.70. The van der Waals surface area contributed by atoms with Gasteiger partial charge in [-0.2, -0.15) is 0 Å². The normalized spacial score (nSPS) is 14.6. The van der Waals surface area contributed by atoms with Crippen molar-refractivity contribution in [2.24, 2.45) is 5.92 Å². The molecule has 0 saturated heterocycles. The van der Waals surface area contributed by atoms with E-state index in [1.807, 2.05) is 26.0 Å². The molecule has 0 aliphatic rings. The summed E-state index contributed by atoms with van der Waals surface area (Å²) in [5.74, 6) is 0.310. The molecule has 0 heterocycles. The molecule has 0 fully saturated rings. The zero-order valence-corrected chi connectivity index (χ0v) is 4.81. The molecule has 1 N–H and O–H groups in total. The topological polar surface area (TPSA) is 23.9 Å². The van der Waals surface area contributed by atoms with Gasteiger partial charge in [-0.25, -0.2) is 0 Å². The van der Waals surface area contributed by atoms with Gasteiger partial charge < -0.3 is 5.41 Å². The molecule has 1 unspecified atom stereocenters. The first-order valence-corrected chi connectivity index (χ1v) is 2.44. The molecule has 0 aromatic rings. The highest BCUT2D eigenvalue weighted by atomic mass is 14.3. The van der Waals surface area contributed by atoms with Crippen molar-refractivity contribution in [1.29, 1.82) is 5.41 Å². The highest BCUT2D eigenvalue weighted by Crippen LogP contribution is 1.88. The molecule has 40 valence electrons. The van der Waals surface area contributed by atoms with Gasteiger partial charge >= 0.3 is 0 Å². The van der Waals surface area contributed by atoms with Gasteiger partial charge in [0.2, 0.25) is 0 Å². The molecule has 0 bridgehead atoms. The maximum atomic E-state index is 6.74. The Hall–Kier alpha value is -0.590. The highest BCUT2D eigenvalue weighted by molar-refractivity contribution is 5.58. The third-order valence-electron chi connectivity index (χ3n) is 0.759. The van der Waals surface area contributed by atoms with Crippen LogP contribution >= 0.6 is 0 Å². The summed E-state index contributed by atoms with van der Waals surface area (Å²) in [4.78, 5) is 0. The minimum atomic E-state index is 0.310. The van der Waals surface area contributed by atoms with E-state index in [0.29, 0.717) is 5.92 Å². The predicted octanol–water partition coefficient (Wildman–Crippen LogP) is 1.85. The Morgan fingerprint density at radius 3 is 2.29 bits per heavy atom. The minimum absolute atomic E-state index is 0.310. The van der Waals surface area contributed by atoms with Crippen molar-refractivity contribution in [2.75, 3.05) is 0 Å². The molecule has 7 heavy (non-hydrogen) atoms. The van der Waals surface area contributed by atoms with E-state index in [-0.39, 0.29) is 0 Å². The zero-order valence-electron chi connectivity index (χ0n) is 4.81. The van der Waals surface area contributed by atoms with Gasteiger partial charge in [-0.15, -0.1) is 0 Å². The Morgan fingerprint density at radius 1 is 1.57 bits per heavy atom. The quantitative estimate of drug-likeness (QED) is 0.401. The van der Waals surface area contributed by atoms with Gasteiger partial charge in [0.25, 0.3) is 0 Å². The lowest BCUT2D eigenvalue weighted by Crippen LogP contribution is -1.85. The van der Waals surface area contributed by atoms with Crippen LogP contribution in [0.1, 0.15) is 13.8 Å². The van der Waals surface area contributed by atoms with Crippen molar-refractivity contribution >= 4 is 6.21 Å². The van der Waals surface area contributed by atoms with Crippen molar-refractivity contribution in [1.82, 2.24) is 0 Å². The van der Waals surface area contributed by atoms with Crippen LogP contribution in [0.3, 0.4) is 0 Å². The maximum Gasteiger partial charge on any atom is 0.00863 e. The molecule has 0 aromatic heterocycles. The van der Waals surface area contributed by atoms with Crippen LogP contribution < -0.4 is 0 Å². The van der Waals surface area contributed by atoms with Gasteiger partial charge in [-0.3, -0.25) is 0 Å². The lowest BCUT2D eigenvalue weighted by atomic mass is 10.2. The van der Waals surface area contributed by atoms with E-state index in [1.54, 1.807) is 0 Å². The van der Waals surface area contributed by atoms with Crippen LogP contribution in [0.25, 0.3) is 0 Å². The van der Waals surface area contributed by atoms with Crippen molar-refractivity contribution in [2.45, 2.75) is 13.8 Å². The Balaban J connectivity index is 3.35. The van der Waals surface area contributed by atoms with Gasteiger partial charge in [0.05, 0.1) is 0 Å². The summed E-state index contributed by atoms with van der Waals surface area (Å²) >= 11 is 0. The van der Waals surface area contributed by atoms with Crippen LogP contribution in [-0.2, 0) is 0 Å². The second-order valence-corrected chi connectivity index (χ2v) is 1.55. The first-order valence-electron chi connectivity index (χ1n) is 2.44. The lowest BCUT2D eigenvalue weighted by molar-refractivity contribution is 1.01. The molecule has 0 amide bonds. The first-order chi connectivity index (χ1) is 3.31. The molecule has 0 rings (SSSR count). The molecule has 0 radical (unpaired) electrons. The maximum absolute atomic E-state index is 6.74. The van der Waals surface area contributed by atoms with Crippen molar-refractivity contribution < 1.29 is 0 Å². The fourth-order valence-corrected chi connectivity index (χ4v) is 0.359. The van der Waals surface area contributed by atoms with E-state index in [2.05, 4.69) is 0 Å². The van der Waals surface area contributed by atoms with E-state index >= 15 is 0 Å². The highest BCUT2D eigenvalue weighted by Gasteiger charge is 1.82. The van der Waals surface area contributed by atoms with E-state index in [0.717, 1.165) is 0 Å². The molecular formula is C6H11N. The monoisotopic (exact) mass is 97.1 g/mol. The van der Waals surface area contributed by atoms with Gasteiger partial charge in [-0.05, 0) is 6.92 Å². The summed E-state index contributed by atoms with van der Waals surface area (Å²) < 4.78 is 0. The Labute approximate surface area is 44.6 Å². The van der Waals surface area contributed by atoms with Gasteiger partial charge in [0, 0.05) is 12.1 Å². The summed E-state index contributed by atoms with van der Waals surface area (Å²) in [6.45, 7) is 3.94. The van der Waals surface area contributed by atoms with E-state index in [4.69, 9.17) is 5.41 Å². The standard InChI is InChI=1S/C6H11N/c1-3-4-6(2)5-7/h3-7H,1-2H3/b4-3-,7-5?. The molecule has 1 atom stereocenters. The fourth-order valence-electron chi connectivity index (χ4n) is 0.359. The summed E-state index contributed by atoms with van der Waals surface area (Å²) in [5.41, 5.74) is 0. The molecule has 0 aliphatic heterocycles. The van der Waals surface area contributed by atoms with Crippen molar-refractivity contribution in [3.8, 4) is 0 Å². The molecule has 1 nitrogen and oxygen atoms in total.